The van der Waals surface area contributed by atoms with Crippen LogP contribution in [0, 0.1) is 11.8 Å². The predicted molar refractivity (Wildman–Crippen MR) is 86.6 cm³/mol. The van der Waals surface area contributed by atoms with Crippen LogP contribution in [0.25, 0.3) is 0 Å². The molecule has 120 valence electrons. The zero-order chi connectivity index (χ0) is 15.7. The number of likely N-dealkylation sites (tertiary alicyclic amines) is 2. The summed E-state index contributed by atoms with van der Waals surface area (Å²) in [5, 5.41) is 5.19. The molecule has 22 heavy (non-hydrogen) atoms. The number of nitrogens with one attached hydrogen (secondary N) is 1. The summed E-state index contributed by atoms with van der Waals surface area (Å²) in [7, 11) is 3.76. The molecule has 1 N–H and O–H groups in total. The molecule has 6 heteroatoms. The van der Waals surface area contributed by atoms with E-state index in [2.05, 4.69) is 5.32 Å². The quantitative estimate of drug-likeness (QED) is 0.910. The lowest BCUT2D eigenvalue weighted by atomic mass is 9.97. The van der Waals surface area contributed by atoms with Crippen LogP contribution in [0.1, 0.15) is 23.8 Å². The van der Waals surface area contributed by atoms with Crippen LogP contribution in [-0.4, -0.2) is 55.3 Å². The first-order valence-electron chi connectivity index (χ1n) is 7.84. The Bertz CT molecular complexity index is 546. The zero-order valence-electron chi connectivity index (χ0n) is 13.1. The van der Waals surface area contributed by atoms with E-state index in [9.17, 15) is 9.59 Å². The van der Waals surface area contributed by atoms with E-state index in [1.807, 2.05) is 36.5 Å². The molecule has 2 fully saturated rings. The maximum atomic E-state index is 12.9. The molecule has 5 nitrogen and oxygen atoms in total. The number of hydrogen-bond acceptors (Lipinski definition) is 4. The normalized spacial score (nSPS) is 28.6. The molecule has 0 saturated carbocycles. The van der Waals surface area contributed by atoms with Crippen molar-refractivity contribution in [2.24, 2.45) is 11.8 Å². The number of rotatable bonds is 4. The van der Waals surface area contributed by atoms with Crippen LogP contribution in [0.3, 0.4) is 0 Å². The first-order valence-corrected chi connectivity index (χ1v) is 8.72. The van der Waals surface area contributed by atoms with E-state index in [1.165, 1.54) is 0 Å². The van der Waals surface area contributed by atoms with Gasteiger partial charge >= 0.3 is 0 Å². The smallest absolute Gasteiger partial charge is 0.228 e. The Balaban J connectivity index is 1.75. The fourth-order valence-corrected chi connectivity index (χ4v) is 4.60. The summed E-state index contributed by atoms with van der Waals surface area (Å²) < 4.78 is 0. The van der Waals surface area contributed by atoms with Crippen molar-refractivity contribution in [1.29, 1.82) is 0 Å². The Morgan fingerprint density at radius 2 is 2.32 bits per heavy atom. The molecule has 0 spiro atoms. The van der Waals surface area contributed by atoms with E-state index in [4.69, 9.17) is 0 Å². The number of nitrogens with zero attached hydrogens (tertiary/aromatic N) is 2. The lowest BCUT2D eigenvalue weighted by molar-refractivity contribution is -0.135. The average Bonchev–Trinajstić information content (AvgIpc) is 3.21. The second-order valence-corrected chi connectivity index (χ2v) is 7.25. The van der Waals surface area contributed by atoms with Crippen LogP contribution < -0.4 is 5.32 Å². The number of carbonyl (C=O) groups excluding carboxylic acids is 2. The van der Waals surface area contributed by atoms with E-state index in [0.717, 1.165) is 30.9 Å². The van der Waals surface area contributed by atoms with Crippen LogP contribution in [0.2, 0.25) is 0 Å². The topological polar surface area (TPSA) is 52.7 Å². The number of thiophene rings is 1. The summed E-state index contributed by atoms with van der Waals surface area (Å²) >= 11 is 1.62. The molecule has 3 heterocycles. The van der Waals surface area contributed by atoms with E-state index >= 15 is 0 Å². The third kappa shape index (κ3) is 2.77. The van der Waals surface area contributed by atoms with Crippen LogP contribution in [-0.2, 0) is 9.59 Å². The van der Waals surface area contributed by atoms with Crippen molar-refractivity contribution in [3.05, 3.63) is 22.4 Å². The number of hydrogen-bond donors (Lipinski definition) is 1. The summed E-state index contributed by atoms with van der Waals surface area (Å²) in [4.78, 5) is 29.9. The van der Waals surface area contributed by atoms with Gasteiger partial charge in [-0.1, -0.05) is 6.07 Å². The lowest BCUT2D eigenvalue weighted by Gasteiger charge is -2.27. The van der Waals surface area contributed by atoms with Crippen molar-refractivity contribution in [2.75, 3.05) is 33.7 Å². The molecule has 0 aliphatic carbocycles. The second-order valence-electron chi connectivity index (χ2n) is 6.27. The minimum Gasteiger partial charge on any atom is -0.342 e. The van der Waals surface area contributed by atoms with E-state index in [0.29, 0.717) is 12.3 Å². The predicted octanol–water partition coefficient (Wildman–Crippen LogP) is 1.34. The fourth-order valence-electron chi connectivity index (χ4n) is 3.66. The highest BCUT2D eigenvalue weighted by atomic mass is 32.1. The van der Waals surface area contributed by atoms with Gasteiger partial charge in [-0.3, -0.25) is 9.59 Å². The van der Waals surface area contributed by atoms with Crippen molar-refractivity contribution < 1.29 is 9.59 Å². The maximum absolute atomic E-state index is 12.9. The van der Waals surface area contributed by atoms with Crippen LogP contribution in [0.15, 0.2) is 17.5 Å². The molecule has 2 amide bonds. The third-order valence-electron chi connectivity index (χ3n) is 4.83. The van der Waals surface area contributed by atoms with Crippen molar-refractivity contribution in [3.63, 3.8) is 0 Å². The Labute approximate surface area is 135 Å². The third-order valence-corrected chi connectivity index (χ3v) is 5.77. The molecule has 0 radical (unpaired) electrons. The van der Waals surface area contributed by atoms with Gasteiger partial charge in [-0.25, -0.2) is 0 Å². The van der Waals surface area contributed by atoms with Gasteiger partial charge < -0.3 is 15.1 Å². The molecule has 2 aliphatic rings. The highest BCUT2D eigenvalue weighted by Crippen LogP contribution is 2.40. The van der Waals surface area contributed by atoms with Gasteiger partial charge in [0.05, 0.1) is 12.0 Å². The molecule has 0 bridgehead atoms. The van der Waals surface area contributed by atoms with Gasteiger partial charge in [-0.2, -0.15) is 0 Å². The molecule has 0 aromatic carbocycles. The average molecular weight is 321 g/mol. The van der Waals surface area contributed by atoms with E-state index in [1.54, 1.807) is 16.2 Å². The minimum absolute atomic E-state index is 0.0720. The molecule has 1 aromatic heterocycles. The summed E-state index contributed by atoms with van der Waals surface area (Å²) in [5.74, 6) is 0.519. The SMILES string of the molecule is CNCC1CCN(C(=O)C2CC(=O)N(C)C2c2cccs2)C1. The Morgan fingerprint density at radius 1 is 1.50 bits per heavy atom. The van der Waals surface area contributed by atoms with Crippen LogP contribution in [0.5, 0.6) is 0 Å². The van der Waals surface area contributed by atoms with Crippen molar-refractivity contribution in [1.82, 2.24) is 15.1 Å². The van der Waals surface area contributed by atoms with Gasteiger partial charge in [-0.15, -0.1) is 11.3 Å². The maximum Gasteiger partial charge on any atom is 0.228 e. The Morgan fingerprint density at radius 3 is 3.00 bits per heavy atom. The van der Waals surface area contributed by atoms with E-state index < -0.39 is 0 Å². The molecule has 1 aromatic rings. The first kappa shape index (κ1) is 15.5. The van der Waals surface area contributed by atoms with Crippen LogP contribution >= 0.6 is 11.3 Å². The largest absolute Gasteiger partial charge is 0.342 e. The zero-order valence-corrected chi connectivity index (χ0v) is 13.9. The molecule has 3 atom stereocenters. The summed E-state index contributed by atoms with van der Waals surface area (Å²) in [6.45, 7) is 2.57. The highest BCUT2D eigenvalue weighted by molar-refractivity contribution is 7.10. The lowest BCUT2D eigenvalue weighted by Crippen LogP contribution is -2.37. The monoisotopic (exact) mass is 321 g/mol. The number of carbonyl (C=O) groups is 2. The van der Waals surface area contributed by atoms with Crippen molar-refractivity contribution in [3.8, 4) is 0 Å². The van der Waals surface area contributed by atoms with Crippen molar-refractivity contribution in [2.45, 2.75) is 18.9 Å². The minimum atomic E-state index is -0.232. The Kier molecular flexibility index (Phi) is 4.49. The van der Waals surface area contributed by atoms with Gasteiger partial charge in [0.1, 0.15) is 0 Å². The van der Waals surface area contributed by atoms with Gasteiger partial charge in [0.15, 0.2) is 0 Å². The molecular formula is C16H23N3O2S. The molecule has 3 unspecified atom stereocenters. The van der Waals surface area contributed by atoms with Gasteiger partial charge in [-0.05, 0) is 37.4 Å². The van der Waals surface area contributed by atoms with Gasteiger partial charge in [0.25, 0.3) is 0 Å². The first-order chi connectivity index (χ1) is 10.6. The molecule has 2 saturated heterocycles. The van der Waals surface area contributed by atoms with Crippen molar-refractivity contribution >= 4 is 23.2 Å². The standard InChI is InChI=1S/C16H23N3O2S/c1-17-9-11-5-6-19(10-11)16(21)12-8-14(20)18(2)15(12)13-4-3-7-22-13/h3-4,7,11-12,15,17H,5-6,8-10H2,1-2H3. The molecule has 3 rings (SSSR count). The Hall–Kier alpha value is -1.40. The summed E-state index contributed by atoms with van der Waals surface area (Å²) in [6.07, 6.45) is 1.39. The summed E-state index contributed by atoms with van der Waals surface area (Å²) in [6, 6.07) is 3.92. The highest BCUT2D eigenvalue weighted by Gasteiger charge is 2.45. The second kappa shape index (κ2) is 6.38. The summed E-state index contributed by atoms with van der Waals surface area (Å²) in [5.41, 5.74) is 0. The number of amides is 2. The van der Waals surface area contributed by atoms with Crippen LogP contribution in [0.4, 0.5) is 0 Å². The molecular weight excluding hydrogens is 298 g/mol. The van der Waals surface area contributed by atoms with Gasteiger partial charge in [0, 0.05) is 31.4 Å². The molecule has 2 aliphatic heterocycles. The van der Waals surface area contributed by atoms with Gasteiger partial charge in [0.2, 0.25) is 11.8 Å². The van der Waals surface area contributed by atoms with E-state index in [-0.39, 0.29) is 23.8 Å². The fraction of sp³-hybridized carbons (Fsp3) is 0.625.